The summed E-state index contributed by atoms with van der Waals surface area (Å²) in [6, 6.07) is 6.66. The van der Waals surface area contributed by atoms with Crippen LogP contribution in [0.2, 0.25) is 0 Å². The van der Waals surface area contributed by atoms with Crippen LogP contribution >= 0.6 is 0 Å². The highest BCUT2D eigenvalue weighted by Crippen LogP contribution is 2.22. The van der Waals surface area contributed by atoms with Crippen molar-refractivity contribution in [2.45, 2.75) is 19.3 Å². The van der Waals surface area contributed by atoms with Crippen molar-refractivity contribution in [1.29, 1.82) is 0 Å². The Morgan fingerprint density at radius 3 is 2.68 bits per heavy atom. The molecule has 8 heteroatoms. The van der Waals surface area contributed by atoms with Gasteiger partial charge < -0.3 is 15.0 Å². The van der Waals surface area contributed by atoms with Crippen LogP contribution in [0, 0.1) is 0 Å². The Morgan fingerprint density at radius 1 is 1.32 bits per heavy atom. The summed E-state index contributed by atoms with van der Waals surface area (Å²) < 4.78 is 30.4. The minimum Gasteiger partial charge on any atom is -0.497 e. The van der Waals surface area contributed by atoms with E-state index in [4.69, 9.17) is 4.74 Å². The predicted octanol–water partition coefficient (Wildman–Crippen LogP) is 1.06. The minimum atomic E-state index is -3.57. The number of methoxy groups -OCH3 is 1. The number of likely N-dealkylation sites (tertiary alicyclic amines) is 1. The van der Waals surface area contributed by atoms with E-state index in [1.165, 1.54) is 20.0 Å². The quantitative estimate of drug-likeness (QED) is 0.659. The van der Waals surface area contributed by atoms with Crippen LogP contribution in [0.15, 0.2) is 24.3 Å². The van der Waals surface area contributed by atoms with E-state index in [2.05, 4.69) is 10.2 Å². The first-order chi connectivity index (χ1) is 11.9. The summed E-state index contributed by atoms with van der Waals surface area (Å²) in [6.45, 7) is 3.53. The third-order valence-corrected chi connectivity index (χ3v) is 5.34. The number of anilines is 1. The first kappa shape index (κ1) is 19.5. The number of rotatable bonds is 9. The Morgan fingerprint density at radius 2 is 2.04 bits per heavy atom. The summed E-state index contributed by atoms with van der Waals surface area (Å²) >= 11 is 0. The number of hydrogen-bond acceptors (Lipinski definition) is 5. The van der Waals surface area contributed by atoms with Crippen LogP contribution in [0.25, 0.3) is 0 Å². The van der Waals surface area contributed by atoms with Gasteiger partial charge in [0.15, 0.2) is 0 Å². The lowest BCUT2D eigenvalue weighted by molar-refractivity contribution is -0.119. The van der Waals surface area contributed by atoms with Crippen LogP contribution in [-0.2, 0) is 14.8 Å². The van der Waals surface area contributed by atoms with Crippen LogP contribution in [0.3, 0.4) is 0 Å². The lowest BCUT2D eigenvalue weighted by atomic mass is 10.3. The average Bonchev–Trinajstić information content (AvgIpc) is 3.09. The van der Waals surface area contributed by atoms with Gasteiger partial charge in [0.05, 0.1) is 19.1 Å². The van der Waals surface area contributed by atoms with Crippen molar-refractivity contribution in [3.8, 4) is 5.75 Å². The molecule has 140 valence electrons. The third kappa shape index (κ3) is 6.21. The van der Waals surface area contributed by atoms with Crippen LogP contribution in [-0.4, -0.2) is 65.3 Å². The normalized spacial score (nSPS) is 15.1. The fourth-order valence-corrected chi connectivity index (χ4v) is 3.74. The maximum absolute atomic E-state index is 12.2. The summed E-state index contributed by atoms with van der Waals surface area (Å²) in [4.78, 5) is 14.5. The number of sulfonamides is 1. The molecule has 1 aromatic carbocycles. The molecule has 1 N–H and O–H groups in total. The Hall–Kier alpha value is -1.80. The molecule has 25 heavy (non-hydrogen) atoms. The van der Waals surface area contributed by atoms with Gasteiger partial charge in [0.1, 0.15) is 12.3 Å². The van der Waals surface area contributed by atoms with Crippen molar-refractivity contribution in [2.24, 2.45) is 0 Å². The third-order valence-electron chi connectivity index (χ3n) is 4.20. The highest BCUT2D eigenvalue weighted by atomic mass is 32.2. The number of benzene rings is 1. The number of carbonyl (C=O) groups excluding carboxylic acids is 1. The Balaban J connectivity index is 1.89. The van der Waals surface area contributed by atoms with Crippen LogP contribution in [0.5, 0.6) is 5.75 Å². The molecule has 1 saturated heterocycles. The number of nitrogens with zero attached hydrogens (tertiary/aromatic N) is 2. The number of carbonyl (C=O) groups is 1. The number of nitrogens with one attached hydrogen (secondary N) is 1. The lowest BCUT2D eigenvalue weighted by Crippen LogP contribution is -2.41. The molecule has 7 nitrogen and oxygen atoms in total. The maximum atomic E-state index is 12.2. The second-order valence-corrected chi connectivity index (χ2v) is 8.13. The topological polar surface area (TPSA) is 79.0 Å². The van der Waals surface area contributed by atoms with Crippen molar-refractivity contribution < 1.29 is 17.9 Å². The molecule has 1 heterocycles. The lowest BCUT2D eigenvalue weighted by Gasteiger charge is -2.22. The van der Waals surface area contributed by atoms with E-state index >= 15 is 0 Å². The molecule has 0 aromatic heterocycles. The van der Waals surface area contributed by atoms with Gasteiger partial charge in [-0.3, -0.25) is 9.10 Å². The highest BCUT2D eigenvalue weighted by Gasteiger charge is 2.21. The molecule has 0 aliphatic carbocycles. The van der Waals surface area contributed by atoms with E-state index in [0.29, 0.717) is 18.0 Å². The van der Waals surface area contributed by atoms with Gasteiger partial charge in [0.25, 0.3) is 0 Å². The van der Waals surface area contributed by atoms with Crippen LogP contribution in [0.4, 0.5) is 5.69 Å². The van der Waals surface area contributed by atoms with E-state index in [9.17, 15) is 13.2 Å². The molecule has 0 spiro atoms. The van der Waals surface area contributed by atoms with E-state index in [1.807, 2.05) is 0 Å². The maximum Gasteiger partial charge on any atom is 0.240 e. The fraction of sp³-hybridized carbons (Fsp3) is 0.588. The monoisotopic (exact) mass is 369 g/mol. The van der Waals surface area contributed by atoms with Gasteiger partial charge >= 0.3 is 0 Å². The molecule has 0 unspecified atom stereocenters. The van der Waals surface area contributed by atoms with Crippen LogP contribution in [0.1, 0.15) is 19.3 Å². The van der Waals surface area contributed by atoms with Gasteiger partial charge in [-0.1, -0.05) is 6.07 Å². The smallest absolute Gasteiger partial charge is 0.240 e. The van der Waals surface area contributed by atoms with Gasteiger partial charge in [-0.15, -0.1) is 0 Å². The van der Waals surface area contributed by atoms with E-state index < -0.39 is 10.0 Å². The minimum absolute atomic E-state index is 0.240. The molecular formula is C17H27N3O4S. The summed E-state index contributed by atoms with van der Waals surface area (Å²) in [6.07, 6.45) is 4.45. The van der Waals surface area contributed by atoms with E-state index in [0.717, 1.165) is 36.6 Å². The molecule has 0 saturated carbocycles. The number of hydrogen-bond donors (Lipinski definition) is 1. The molecular weight excluding hydrogens is 342 g/mol. The van der Waals surface area contributed by atoms with Crippen molar-refractivity contribution in [3.05, 3.63) is 24.3 Å². The van der Waals surface area contributed by atoms with E-state index in [-0.39, 0.29) is 12.5 Å². The second-order valence-electron chi connectivity index (χ2n) is 6.22. The summed E-state index contributed by atoms with van der Waals surface area (Å²) in [5, 5.41) is 2.80. The zero-order valence-corrected chi connectivity index (χ0v) is 15.7. The number of ether oxygens (including phenoxy) is 1. The SMILES string of the molecule is COc1cccc(N(CC(=O)NCCCN2CCCC2)S(C)(=O)=O)c1. The molecule has 1 fully saturated rings. The standard InChI is InChI=1S/C17H27N3O4S/c1-24-16-8-5-7-15(13-16)20(25(2,22)23)14-17(21)18-9-6-12-19-10-3-4-11-19/h5,7-8,13H,3-4,6,9-12,14H2,1-2H3,(H,18,21). The second kappa shape index (κ2) is 9.05. The van der Waals surface area contributed by atoms with Gasteiger partial charge in [0, 0.05) is 12.6 Å². The van der Waals surface area contributed by atoms with Crippen molar-refractivity contribution in [3.63, 3.8) is 0 Å². The van der Waals surface area contributed by atoms with E-state index in [1.54, 1.807) is 24.3 Å². The average molecular weight is 369 g/mol. The molecule has 2 rings (SSSR count). The summed E-state index contributed by atoms with van der Waals surface area (Å²) in [5.41, 5.74) is 0.411. The van der Waals surface area contributed by atoms with Crippen molar-refractivity contribution in [2.75, 3.05) is 50.4 Å². The van der Waals surface area contributed by atoms with Crippen molar-refractivity contribution >= 4 is 21.6 Å². The zero-order chi connectivity index (χ0) is 18.3. The number of amides is 1. The van der Waals surface area contributed by atoms with Gasteiger partial charge in [-0.25, -0.2) is 8.42 Å². The molecule has 0 bridgehead atoms. The van der Waals surface area contributed by atoms with Crippen LogP contribution < -0.4 is 14.4 Å². The zero-order valence-electron chi connectivity index (χ0n) is 14.9. The first-order valence-electron chi connectivity index (χ1n) is 8.51. The molecule has 1 amide bonds. The molecule has 0 radical (unpaired) electrons. The Bertz CT molecular complexity index is 672. The predicted molar refractivity (Wildman–Crippen MR) is 98.5 cm³/mol. The van der Waals surface area contributed by atoms with Crippen molar-refractivity contribution in [1.82, 2.24) is 10.2 Å². The fourth-order valence-electron chi connectivity index (χ4n) is 2.89. The van der Waals surface area contributed by atoms with Gasteiger partial charge in [-0.2, -0.15) is 0 Å². The first-order valence-corrected chi connectivity index (χ1v) is 10.4. The summed E-state index contributed by atoms with van der Waals surface area (Å²) in [7, 11) is -2.06. The van der Waals surface area contributed by atoms with Gasteiger partial charge in [0.2, 0.25) is 15.9 Å². The molecule has 1 aliphatic heterocycles. The molecule has 1 aromatic rings. The molecule has 0 atom stereocenters. The largest absolute Gasteiger partial charge is 0.497 e. The summed E-state index contributed by atoms with van der Waals surface area (Å²) in [5.74, 6) is 0.229. The Labute approximate surface area is 150 Å². The highest BCUT2D eigenvalue weighted by molar-refractivity contribution is 7.92. The van der Waals surface area contributed by atoms with Gasteiger partial charge in [-0.05, 0) is 51.0 Å². The Kier molecular flexibility index (Phi) is 7.07. The molecule has 1 aliphatic rings.